The molecule has 6 heteroatoms. The van der Waals surface area contributed by atoms with E-state index in [1.165, 1.54) is 11.3 Å². The van der Waals surface area contributed by atoms with Crippen molar-refractivity contribution in [3.05, 3.63) is 4.88 Å². The van der Waals surface area contributed by atoms with Gasteiger partial charge in [-0.1, -0.05) is 31.1 Å². The van der Waals surface area contributed by atoms with Crippen LogP contribution >= 0.6 is 11.3 Å². The Labute approximate surface area is 112 Å². The van der Waals surface area contributed by atoms with Gasteiger partial charge in [-0.15, -0.1) is 0 Å². The molecule has 18 heavy (non-hydrogen) atoms. The van der Waals surface area contributed by atoms with Gasteiger partial charge >= 0.3 is 0 Å². The lowest BCUT2D eigenvalue weighted by atomic mass is 10.2. The molecule has 0 saturated carbocycles. The highest BCUT2D eigenvalue weighted by Gasteiger charge is 2.17. The molecule has 0 unspecified atom stereocenters. The van der Waals surface area contributed by atoms with Crippen LogP contribution in [0.25, 0.3) is 0 Å². The van der Waals surface area contributed by atoms with Crippen LogP contribution in [0.3, 0.4) is 0 Å². The number of hydrogen-bond acceptors (Lipinski definition) is 5. The van der Waals surface area contributed by atoms with Crippen molar-refractivity contribution in [2.24, 2.45) is 0 Å². The highest BCUT2D eigenvalue weighted by atomic mass is 32.1. The van der Waals surface area contributed by atoms with Gasteiger partial charge in [0.2, 0.25) is 0 Å². The quantitative estimate of drug-likeness (QED) is 0.744. The van der Waals surface area contributed by atoms with Gasteiger partial charge in [0.1, 0.15) is 10.7 Å². The summed E-state index contributed by atoms with van der Waals surface area (Å²) in [7, 11) is 1.93. The van der Waals surface area contributed by atoms with E-state index in [9.17, 15) is 4.79 Å². The van der Waals surface area contributed by atoms with E-state index in [1.54, 1.807) is 0 Å². The molecule has 0 aromatic carbocycles. The van der Waals surface area contributed by atoms with Gasteiger partial charge in [0.05, 0.1) is 0 Å². The molecule has 5 nitrogen and oxygen atoms in total. The average molecular weight is 270 g/mol. The molecule has 0 aliphatic rings. The summed E-state index contributed by atoms with van der Waals surface area (Å²) in [6.45, 7) is 5.70. The Bertz CT molecular complexity index is 391. The van der Waals surface area contributed by atoms with Crippen molar-refractivity contribution in [3.63, 3.8) is 0 Å². The Balaban J connectivity index is 2.60. The van der Waals surface area contributed by atoms with Crippen LogP contribution in [-0.2, 0) is 0 Å². The fraction of sp³-hybridized carbons (Fsp3) is 0.667. The number of thiazole rings is 1. The van der Waals surface area contributed by atoms with Gasteiger partial charge < -0.3 is 16.0 Å². The molecule has 102 valence electrons. The van der Waals surface area contributed by atoms with Crippen molar-refractivity contribution in [2.45, 2.75) is 33.1 Å². The second-order valence-electron chi connectivity index (χ2n) is 4.19. The fourth-order valence-electron chi connectivity index (χ4n) is 1.44. The van der Waals surface area contributed by atoms with Crippen molar-refractivity contribution in [2.75, 3.05) is 30.8 Å². The molecule has 3 N–H and O–H groups in total. The second kappa shape index (κ2) is 7.20. The summed E-state index contributed by atoms with van der Waals surface area (Å²) < 4.78 is 0. The van der Waals surface area contributed by atoms with Crippen LogP contribution < -0.4 is 16.0 Å². The first-order valence-corrected chi connectivity index (χ1v) is 7.17. The number of nitrogens with one attached hydrogen (secondary N) is 1. The number of amides is 1. The second-order valence-corrected chi connectivity index (χ2v) is 5.17. The number of unbranched alkanes of at least 4 members (excludes halogenated alkanes) is 2. The smallest absolute Gasteiger partial charge is 0.265 e. The number of carbonyl (C=O) groups excluding carboxylic acids is 1. The summed E-state index contributed by atoms with van der Waals surface area (Å²) in [6.07, 6.45) is 3.27. The summed E-state index contributed by atoms with van der Waals surface area (Å²) in [5.74, 6) is 0.208. The summed E-state index contributed by atoms with van der Waals surface area (Å²) in [5.41, 5.74) is 5.78. The Morgan fingerprint density at radius 2 is 2.17 bits per heavy atom. The molecule has 1 rings (SSSR count). The minimum Gasteiger partial charge on any atom is -0.382 e. The maximum Gasteiger partial charge on any atom is 0.265 e. The summed E-state index contributed by atoms with van der Waals surface area (Å²) in [4.78, 5) is 18.6. The Kier molecular flexibility index (Phi) is 5.91. The van der Waals surface area contributed by atoms with Crippen molar-refractivity contribution in [1.29, 1.82) is 0 Å². The van der Waals surface area contributed by atoms with Gasteiger partial charge in [0, 0.05) is 20.1 Å². The van der Waals surface area contributed by atoms with E-state index in [0.717, 1.165) is 30.9 Å². The van der Waals surface area contributed by atoms with Crippen molar-refractivity contribution in [3.8, 4) is 0 Å². The molecule has 1 aromatic heterocycles. The van der Waals surface area contributed by atoms with Crippen molar-refractivity contribution >= 4 is 28.2 Å². The maximum absolute atomic E-state index is 11.9. The van der Waals surface area contributed by atoms with E-state index >= 15 is 0 Å². The third kappa shape index (κ3) is 3.87. The zero-order valence-electron chi connectivity index (χ0n) is 11.3. The normalized spacial score (nSPS) is 10.4. The van der Waals surface area contributed by atoms with E-state index in [1.807, 2.05) is 18.9 Å². The van der Waals surface area contributed by atoms with E-state index in [4.69, 9.17) is 5.73 Å². The first kappa shape index (κ1) is 14.8. The number of nitrogens with zero attached hydrogens (tertiary/aromatic N) is 2. The molecule has 0 aliphatic carbocycles. The van der Waals surface area contributed by atoms with Crippen LogP contribution in [0.4, 0.5) is 10.9 Å². The standard InChI is InChI=1S/C12H22N4OS/c1-4-6-7-8-14-11(17)9-10(13)15-12(18-9)16(3)5-2/h4-8,13H2,1-3H3,(H,14,17). The highest BCUT2D eigenvalue weighted by molar-refractivity contribution is 7.18. The zero-order chi connectivity index (χ0) is 13.5. The lowest BCUT2D eigenvalue weighted by Gasteiger charge is -2.10. The Morgan fingerprint density at radius 1 is 1.44 bits per heavy atom. The van der Waals surface area contributed by atoms with E-state index in [0.29, 0.717) is 17.2 Å². The van der Waals surface area contributed by atoms with Crippen molar-refractivity contribution < 1.29 is 4.79 Å². The molecule has 0 spiro atoms. The van der Waals surface area contributed by atoms with Crippen molar-refractivity contribution in [1.82, 2.24) is 10.3 Å². The fourth-order valence-corrected chi connectivity index (χ4v) is 2.37. The van der Waals surface area contributed by atoms with Crippen LogP contribution in [-0.4, -0.2) is 31.0 Å². The summed E-state index contributed by atoms with van der Waals surface area (Å²) >= 11 is 1.34. The molecule has 0 saturated heterocycles. The molecule has 0 fully saturated rings. The van der Waals surface area contributed by atoms with E-state index in [-0.39, 0.29) is 5.91 Å². The van der Waals surface area contributed by atoms with Gasteiger partial charge in [-0.25, -0.2) is 4.98 Å². The predicted molar refractivity (Wildman–Crippen MR) is 77.3 cm³/mol. The third-order valence-corrected chi connectivity index (χ3v) is 3.90. The van der Waals surface area contributed by atoms with Gasteiger partial charge in [0.15, 0.2) is 5.13 Å². The van der Waals surface area contributed by atoms with Gasteiger partial charge in [-0.2, -0.15) is 0 Å². The van der Waals surface area contributed by atoms with Crippen LogP contribution in [0.5, 0.6) is 0 Å². The van der Waals surface area contributed by atoms with Crippen LogP contribution in [0.15, 0.2) is 0 Å². The molecule has 0 bridgehead atoms. The van der Waals surface area contributed by atoms with Crippen LogP contribution in [0, 0.1) is 0 Å². The average Bonchev–Trinajstić information content (AvgIpc) is 2.75. The molecule has 1 amide bonds. The number of anilines is 2. The molecular formula is C12H22N4OS. The number of nitrogens with two attached hydrogens (primary N) is 1. The molecule has 1 heterocycles. The van der Waals surface area contributed by atoms with Crippen LogP contribution in [0.1, 0.15) is 42.8 Å². The maximum atomic E-state index is 11.9. The topological polar surface area (TPSA) is 71.2 Å². The number of hydrogen-bond donors (Lipinski definition) is 2. The van der Waals surface area contributed by atoms with E-state index in [2.05, 4.69) is 17.2 Å². The predicted octanol–water partition coefficient (Wildman–Crippen LogP) is 2.10. The Morgan fingerprint density at radius 3 is 2.78 bits per heavy atom. The first-order chi connectivity index (χ1) is 8.60. The monoisotopic (exact) mass is 270 g/mol. The third-order valence-electron chi connectivity index (χ3n) is 2.72. The molecule has 0 radical (unpaired) electrons. The van der Waals surface area contributed by atoms with E-state index < -0.39 is 0 Å². The molecule has 0 aliphatic heterocycles. The summed E-state index contributed by atoms with van der Waals surface area (Å²) in [5, 5.41) is 3.66. The van der Waals surface area contributed by atoms with Crippen LogP contribution in [0.2, 0.25) is 0 Å². The number of rotatable bonds is 7. The lowest BCUT2D eigenvalue weighted by Crippen LogP contribution is -2.24. The zero-order valence-corrected chi connectivity index (χ0v) is 12.1. The largest absolute Gasteiger partial charge is 0.382 e. The first-order valence-electron chi connectivity index (χ1n) is 6.35. The van der Waals surface area contributed by atoms with Gasteiger partial charge in [-0.3, -0.25) is 4.79 Å². The highest BCUT2D eigenvalue weighted by Crippen LogP contribution is 2.27. The molecular weight excluding hydrogens is 248 g/mol. The minimum absolute atomic E-state index is 0.114. The van der Waals surface area contributed by atoms with Gasteiger partial charge in [0.25, 0.3) is 5.91 Å². The SMILES string of the molecule is CCCCCNC(=O)c1sc(N(C)CC)nc1N. The lowest BCUT2D eigenvalue weighted by molar-refractivity contribution is 0.0957. The number of carbonyl (C=O) groups is 1. The Hall–Kier alpha value is -1.30. The summed E-state index contributed by atoms with van der Waals surface area (Å²) in [6, 6.07) is 0. The number of aromatic nitrogens is 1. The minimum atomic E-state index is -0.114. The van der Waals surface area contributed by atoms with Gasteiger partial charge in [-0.05, 0) is 13.3 Å². The number of nitrogen functional groups attached to an aromatic ring is 1. The molecule has 1 aromatic rings. The molecule has 0 atom stereocenters.